The van der Waals surface area contributed by atoms with E-state index in [4.69, 9.17) is 9.47 Å². The van der Waals surface area contributed by atoms with Crippen LogP contribution in [-0.4, -0.2) is 50.7 Å². The van der Waals surface area contributed by atoms with Gasteiger partial charge in [0.1, 0.15) is 0 Å². The Morgan fingerprint density at radius 3 is 2.38 bits per heavy atom. The summed E-state index contributed by atoms with van der Waals surface area (Å²) in [4.78, 5) is 2.12. The molecule has 0 aromatic heterocycles. The summed E-state index contributed by atoms with van der Waals surface area (Å²) in [6.07, 6.45) is 0. The van der Waals surface area contributed by atoms with Gasteiger partial charge in [0.15, 0.2) is 0 Å². The van der Waals surface area contributed by atoms with Gasteiger partial charge in [0.05, 0.1) is 6.54 Å². The minimum Gasteiger partial charge on any atom is -0.337 e. The zero-order chi connectivity index (χ0) is 9.73. The normalized spacial score (nSPS) is 23.3. The summed E-state index contributed by atoms with van der Waals surface area (Å²) in [6, 6.07) is 0. The van der Waals surface area contributed by atoms with Crippen molar-refractivity contribution in [2.75, 3.05) is 39.9 Å². The van der Waals surface area contributed by atoms with E-state index < -0.39 is 5.91 Å². The first-order chi connectivity index (χ1) is 6.25. The second kappa shape index (κ2) is 4.91. The molecule has 0 spiro atoms. The Balaban J connectivity index is 2.61. The van der Waals surface area contributed by atoms with Crippen molar-refractivity contribution < 1.29 is 9.47 Å². The summed E-state index contributed by atoms with van der Waals surface area (Å²) in [5, 5.41) is 3.28. The molecule has 0 aromatic carbocycles. The van der Waals surface area contributed by atoms with E-state index in [0.717, 1.165) is 19.6 Å². The predicted molar refractivity (Wildman–Crippen MR) is 51.5 cm³/mol. The summed E-state index contributed by atoms with van der Waals surface area (Å²) < 4.78 is 11.3. The molecule has 4 heteroatoms. The van der Waals surface area contributed by atoms with E-state index in [1.807, 2.05) is 20.9 Å². The second-order valence-corrected chi connectivity index (χ2v) is 3.18. The molecule has 78 valence electrons. The lowest BCUT2D eigenvalue weighted by Gasteiger charge is -2.43. The van der Waals surface area contributed by atoms with Gasteiger partial charge in [-0.3, -0.25) is 4.90 Å². The first-order valence-electron chi connectivity index (χ1n) is 4.95. The summed E-state index contributed by atoms with van der Waals surface area (Å²) in [5.74, 6) is -0.540. The van der Waals surface area contributed by atoms with E-state index in [9.17, 15) is 0 Å². The molecule has 4 nitrogen and oxygen atoms in total. The summed E-state index contributed by atoms with van der Waals surface area (Å²) in [6.45, 7) is 8.02. The van der Waals surface area contributed by atoms with E-state index in [0.29, 0.717) is 13.2 Å². The first kappa shape index (κ1) is 10.9. The fraction of sp³-hybridized carbons (Fsp3) is 1.00. The molecule has 1 heterocycles. The number of likely N-dealkylation sites (N-methyl/N-ethyl adjacent to an activating group) is 1. The van der Waals surface area contributed by atoms with E-state index >= 15 is 0 Å². The van der Waals surface area contributed by atoms with Crippen molar-refractivity contribution in [1.29, 1.82) is 0 Å². The van der Waals surface area contributed by atoms with Gasteiger partial charge < -0.3 is 14.8 Å². The number of nitrogens with one attached hydrogen (secondary N) is 1. The lowest BCUT2D eigenvalue weighted by atomic mass is 10.3. The zero-order valence-corrected chi connectivity index (χ0v) is 8.80. The van der Waals surface area contributed by atoms with Crippen LogP contribution in [-0.2, 0) is 9.47 Å². The maximum atomic E-state index is 5.66. The predicted octanol–water partition coefficient (Wildman–Crippen LogP) is 0.248. The van der Waals surface area contributed by atoms with Crippen molar-refractivity contribution in [2.45, 2.75) is 19.8 Å². The van der Waals surface area contributed by atoms with Crippen molar-refractivity contribution in [3.05, 3.63) is 0 Å². The molecular formula is C9H20N2O2. The van der Waals surface area contributed by atoms with Crippen LogP contribution in [0.2, 0.25) is 0 Å². The molecular weight excluding hydrogens is 168 g/mol. The largest absolute Gasteiger partial charge is 0.337 e. The van der Waals surface area contributed by atoms with Gasteiger partial charge in [-0.2, -0.15) is 0 Å². The molecule has 0 amide bonds. The number of nitrogens with zero attached hydrogens (tertiary/aromatic N) is 1. The standard InChI is InChI=1S/C9H20N2O2/c1-4-12-9(13-5-2)8-10-6-7-11(9)3/h10H,4-8H2,1-3H3. The fourth-order valence-corrected chi connectivity index (χ4v) is 1.61. The quantitative estimate of drug-likeness (QED) is 0.641. The molecule has 0 aliphatic carbocycles. The minimum absolute atomic E-state index is 0.540. The van der Waals surface area contributed by atoms with Gasteiger partial charge in [-0.1, -0.05) is 0 Å². The molecule has 1 aliphatic heterocycles. The van der Waals surface area contributed by atoms with Crippen LogP contribution >= 0.6 is 0 Å². The van der Waals surface area contributed by atoms with Gasteiger partial charge in [0, 0.05) is 26.3 Å². The van der Waals surface area contributed by atoms with Gasteiger partial charge >= 0.3 is 0 Å². The average Bonchev–Trinajstić information content (AvgIpc) is 2.11. The third-order valence-electron chi connectivity index (χ3n) is 2.29. The van der Waals surface area contributed by atoms with Crippen molar-refractivity contribution in [2.24, 2.45) is 0 Å². The molecule has 1 aliphatic rings. The van der Waals surface area contributed by atoms with Crippen molar-refractivity contribution >= 4 is 0 Å². The van der Waals surface area contributed by atoms with Gasteiger partial charge in [-0.25, -0.2) is 0 Å². The third kappa shape index (κ3) is 2.40. The average molecular weight is 188 g/mol. The number of ether oxygens (including phenoxy) is 2. The van der Waals surface area contributed by atoms with E-state index in [1.54, 1.807) is 0 Å². The Kier molecular flexibility index (Phi) is 4.12. The Labute approximate surface area is 80.2 Å². The molecule has 1 N–H and O–H groups in total. The molecule has 0 radical (unpaired) electrons. The maximum Gasteiger partial charge on any atom is 0.242 e. The summed E-state index contributed by atoms with van der Waals surface area (Å²) >= 11 is 0. The van der Waals surface area contributed by atoms with Gasteiger partial charge in [0.2, 0.25) is 5.91 Å². The topological polar surface area (TPSA) is 33.7 Å². The van der Waals surface area contributed by atoms with Crippen molar-refractivity contribution in [1.82, 2.24) is 10.2 Å². The van der Waals surface area contributed by atoms with Crippen LogP contribution in [0.25, 0.3) is 0 Å². The van der Waals surface area contributed by atoms with Crippen LogP contribution < -0.4 is 5.32 Å². The zero-order valence-electron chi connectivity index (χ0n) is 8.80. The van der Waals surface area contributed by atoms with E-state index in [-0.39, 0.29) is 0 Å². The molecule has 0 unspecified atom stereocenters. The van der Waals surface area contributed by atoms with E-state index in [2.05, 4.69) is 10.2 Å². The Hall–Kier alpha value is -0.160. The van der Waals surface area contributed by atoms with Crippen LogP contribution in [0, 0.1) is 0 Å². The van der Waals surface area contributed by atoms with Crippen LogP contribution in [0.4, 0.5) is 0 Å². The monoisotopic (exact) mass is 188 g/mol. The summed E-state index contributed by atoms with van der Waals surface area (Å²) in [7, 11) is 2.03. The third-order valence-corrected chi connectivity index (χ3v) is 2.29. The fourth-order valence-electron chi connectivity index (χ4n) is 1.61. The highest BCUT2D eigenvalue weighted by molar-refractivity contribution is 4.78. The van der Waals surface area contributed by atoms with Crippen LogP contribution in [0.15, 0.2) is 0 Å². The Morgan fingerprint density at radius 1 is 1.31 bits per heavy atom. The molecule has 0 saturated carbocycles. The van der Waals surface area contributed by atoms with Crippen LogP contribution in [0.1, 0.15) is 13.8 Å². The van der Waals surface area contributed by atoms with Gasteiger partial charge in [-0.15, -0.1) is 0 Å². The van der Waals surface area contributed by atoms with Crippen LogP contribution in [0.5, 0.6) is 0 Å². The molecule has 0 atom stereocenters. The lowest BCUT2D eigenvalue weighted by molar-refractivity contribution is -0.312. The maximum absolute atomic E-state index is 5.66. The Bertz CT molecular complexity index is 141. The number of rotatable bonds is 4. The van der Waals surface area contributed by atoms with Crippen molar-refractivity contribution in [3.8, 4) is 0 Å². The van der Waals surface area contributed by atoms with Crippen molar-refractivity contribution in [3.63, 3.8) is 0 Å². The molecule has 0 bridgehead atoms. The SMILES string of the molecule is CCOC1(OCC)CNCCN1C. The highest BCUT2D eigenvalue weighted by Crippen LogP contribution is 2.18. The highest BCUT2D eigenvalue weighted by Gasteiger charge is 2.38. The molecule has 1 fully saturated rings. The van der Waals surface area contributed by atoms with E-state index in [1.165, 1.54) is 0 Å². The van der Waals surface area contributed by atoms with Gasteiger partial charge in [-0.05, 0) is 20.9 Å². The molecule has 13 heavy (non-hydrogen) atoms. The smallest absolute Gasteiger partial charge is 0.242 e. The lowest BCUT2D eigenvalue weighted by Crippen LogP contribution is -2.62. The second-order valence-electron chi connectivity index (χ2n) is 3.18. The first-order valence-corrected chi connectivity index (χ1v) is 4.95. The molecule has 1 rings (SSSR count). The molecule has 0 aromatic rings. The minimum atomic E-state index is -0.540. The Morgan fingerprint density at radius 2 is 1.92 bits per heavy atom. The highest BCUT2D eigenvalue weighted by atomic mass is 16.7. The molecule has 1 saturated heterocycles. The summed E-state index contributed by atoms with van der Waals surface area (Å²) in [5.41, 5.74) is 0. The van der Waals surface area contributed by atoms with Gasteiger partial charge in [0.25, 0.3) is 0 Å². The van der Waals surface area contributed by atoms with Crippen LogP contribution in [0.3, 0.4) is 0 Å². The number of hydrogen-bond acceptors (Lipinski definition) is 4. The number of piperazine rings is 1. The number of hydrogen-bond donors (Lipinski definition) is 1.